The Morgan fingerprint density at radius 2 is 1.40 bits per heavy atom. The number of hydrogen-bond acceptors (Lipinski definition) is 4. The maximum atomic E-state index is 13.8. The monoisotopic (exact) mass is 373 g/mol. The molecule has 0 fully saturated rings. The van der Waals surface area contributed by atoms with Crippen molar-refractivity contribution in [3.63, 3.8) is 0 Å². The van der Waals surface area contributed by atoms with Gasteiger partial charge >= 0.3 is 13.1 Å². The second-order valence-electron chi connectivity index (χ2n) is 5.18. The lowest BCUT2D eigenvalue weighted by molar-refractivity contribution is -0.385. The first-order valence-corrected chi connectivity index (χ1v) is 9.36. The summed E-state index contributed by atoms with van der Waals surface area (Å²) in [4.78, 5) is 10.7. The second-order valence-corrected chi connectivity index (χ2v) is 7.94. The summed E-state index contributed by atoms with van der Waals surface area (Å²) in [7, 11) is -3.58. The first-order valence-electron chi connectivity index (χ1n) is 7.35. The Morgan fingerprint density at radius 3 is 1.88 bits per heavy atom. The van der Waals surface area contributed by atoms with E-state index in [1.165, 1.54) is 18.2 Å². The van der Waals surface area contributed by atoms with Crippen molar-refractivity contribution < 1.29 is 14.0 Å². The van der Waals surface area contributed by atoms with E-state index in [2.05, 4.69) is 0 Å². The molecular weight excluding hydrogens is 361 g/mol. The minimum Gasteiger partial charge on any atom is -0.429 e. The number of benzene rings is 3. The predicted molar refractivity (Wildman–Crippen MR) is 98.5 cm³/mol. The standard InChI is InChI=1S/C18H13ClNO4P/c19-14-11-12-18(17(13-14)20(21)22)24-25(23,15-7-3-1-4-8-15)16-9-5-2-6-10-16/h1-13H. The fraction of sp³-hybridized carbons (Fsp3) is 0. The van der Waals surface area contributed by atoms with Crippen LogP contribution < -0.4 is 15.1 Å². The van der Waals surface area contributed by atoms with E-state index in [1.807, 2.05) is 0 Å². The van der Waals surface area contributed by atoms with Crippen molar-refractivity contribution >= 4 is 35.3 Å². The first-order chi connectivity index (χ1) is 12.0. The summed E-state index contributed by atoms with van der Waals surface area (Å²) in [6, 6.07) is 21.3. The van der Waals surface area contributed by atoms with Crippen LogP contribution >= 0.6 is 19.0 Å². The third-order valence-electron chi connectivity index (χ3n) is 3.54. The van der Waals surface area contributed by atoms with Gasteiger partial charge in [0.2, 0.25) is 5.75 Å². The van der Waals surface area contributed by atoms with Crippen LogP contribution in [-0.4, -0.2) is 4.92 Å². The van der Waals surface area contributed by atoms with Crippen molar-refractivity contribution in [2.75, 3.05) is 0 Å². The Bertz CT molecular complexity index is 904. The molecule has 126 valence electrons. The maximum absolute atomic E-state index is 13.8. The smallest absolute Gasteiger partial charge is 0.312 e. The van der Waals surface area contributed by atoms with Gasteiger partial charge in [-0.2, -0.15) is 0 Å². The Hall–Kier alpha value is -2.62. The lowest BCUT2D eigenvalue weighted by atomic mass is 10.3. The molecule has 0 amide bonds. The number of rotatable bonds is 5. The number of hydrogen-bond donors (Lipinski definition) is 0. The van der Waals surface area contributed by atoms with Gasteiger partial charge in [-0.3, -0.25) is 14.7 Å². The lowest BCUT2D eigenvalue weighted by Gasteiger charge is -2.20. The molecule has 0 aliphatic rings. The zero-order valence-electron chi connectivity index (χ0n) is 12.9. The molecule has 0 unspecified atom stereocenters. The van der Waals surface area contributed by atoms with Crippen molar-refractivity contribution in [3.05, 3.63) is 94.0 Å². The number of nitro groups is 1. The normalized spacial score (nSPS) is 11.1. The highest BCUT2D eigenvalue weighted by molar-refractivity contribution is 7.74. The van der Waals surface area contributed by atoms with Crippen molar-refractivity contribution in [3.8, 4) is 5.75 Å². The molecule has 3 aromatic carbocycles. The largest absolute Gasteiger partial charge is 0.429 e. The van der Waals surface area contributed by atoms with E-state index in [9.17, 15) is 14.7 Å². The zero-order valence-corrected chi connectivity index (χ0v) is 14.6. The van der Waals surface area contributed by atoms with Gasteiger partial charge in [0.15, 0.2) is 0 Å². The third-order valence-corrected chi connectivity index (χ3v) is 6.18. The van der Waals surface area contributed by atoms with Crippen molar-refractivity contribution in [1.82, 2.24) is 0 Å². The highest BCUT2D eigenvalue weighted by atomic mass is 35.5. The number of nitro benzene ring substituents is 1. The van der Waals surface area contributed by atoms with E-state index in [0.717, 1.165) is 0 Å². The summed E-state index contributed by atoms with van der Waals surface area (Å²) >= 11 is 5.84. The lowest BCUT2D eigenvalue weighted by Crippen LogP contribution is -2.20. The minimum atomic E-state index is -3.58. The summed E-state index contributed by atoms with van der Waals surface area (Å²) in [5.74, 6) is -0.0922. The molecule has 0 saturated heterocycles. The molecule has 0 spiro atoms. The topological polar surface area (TPSA) is 69.4 Å². The van der Waals surface area contributed by atoms with Gasteiger partial charge in [-0.1, -0.05) is 48.0 Å². The van der Waals surface area contributed by atoms with Crippen LogP contribution in [0, 0.1) is 10.1 Å². The van der Waals surface area contributed by atoms with Crippen molar-refractivity contribution in [2.45, 2.75) is 0 Å². The first kappa shape index (κ1) is 17.2. The van der Waals surface area contributed by atoms with Crippen LogP contribution in [-0.2, 0) is 4.57 Å². The van der Waals surface area contributed by atoms with Gasteiger partial charge in [0.05, 0.1) is 15.5 Å². The van der Waals surface area contributed by atoms with Gasteiger partial charge in [-0.05, 0) is 36.4 Å². The third kappa shape index (κ3) is 3.58. The summed E-state index contributed by atoms with van der Waals surface area (Å²) in [5, 5.41) is 12.4. The van der Waals surface area contributed by atoms with Gasteiger partial charge in [0.25, 0.3) is 0 Å². The molecule has 0 radical (unpaired) electrons. The summed E-state index contributed by atoms with van der Waals surface area (Å²) < 4.78 is 19.5. The average Bonchev–Trinajstić information content (AvgIpc) is 2.64. The van der Waals surface area contributed by atoms with E-state index in [-0.39, 0.29) is 16.5 Å². The van der Waals surface area contributed by atoms with Gasteiger partial charge in [-0.15, -0.1) is 0 Å². The Balaban J connectivity index is 2.16. The van der Waals surface area contributed by atoms with E-state index in [4.69, 9.17) is 16.1 Å². The molecule has 0 N–H and O–H groups in total. The van der Waals surface area contributed by atoms with Gasteiger partial charge < -0.3 is 4.52 Å². The van der Waals surface area contributed by atoms with Crippen LogP contribution in [0.4, 0.5) is 5.69 Å². The number of halogens is 1. The molecule has 0 saturated carbocycles. The molecule has 0 heterocycles. The SMILES string of the molecule is O=[N+]([O-])c1cc(Cl)ccc1OP(=O)(c1ccccc1)c1ccccc1. The fourth-order valence-corrected chi connectivity index (χ4v) is 4.59. The van der Waals surface area contributed by atoms with Crippen molar-refractivity contribution in [1.29, 1.82) is 0 Å². The number of nitrogens with zero attached hydrogens (tertiary/aromatic N) is 1. The van der Waals surface area contributed by atoms with Crippen LogP contribution in [0.15, 0.2) is 78.9 Å². The van der Waals surface area contributed by atoms with Crippen LogP contribution in [0.25, 0.3) is 0 Å². The fourth-order valence-electron chi connectivity index (χ4n) is 2.35. The molecule has 0 aromatic heterocycles. The van der Waals surface area contributed by atoms with Gasteiger partial charge in [0.1, 0.15) is 0 Å². The van der Waals surface area contributed by atoms with Crippen LogP contribution in [0.3, 0.4) is 0 Å². The highest BCUT2D eigenvalue weighted by Gasteiger charge is 2.32. The molecule has 0 aliphatic carbocycles. The molecule has 7 heteroatoms. The maximum Gasteiger partial charge on any atom is 0.312 e. The quantitative estimate of drug-likeness (QED) is 0.373. The van der Waals surface area contributed by atoms with Gasteiger partial charge in [-0.25, -0.2) is 0 Å². The molecule has 0 atom stereocenters. The summed E-state index contributed by atoms with van der Waals surface area (Å²) in [6.07, 6.45) is 0. The highest BCUT2D eigenvalue weighted by Crippen LogP contribution is 2.47. The Morgan fingerprint density at radius 1 is 0.880 bits per heavy atom. The molecule has 0 aliphatic heterocycles. The molecule has 5 nitrogen and oxygen atoms in total. The summed E-state index contributed by atoms with van der Waals surface area (Å²) in [5.41, 5.74) is -0.334. The van der Waals surface area contributed by atoms with Crippen LogP contribution in [0.2, 0.25) is 5.02 Å². The summed E-state index contributed by atoms with van der Waals surface area (Å²) in [6.45, 7) is 0. The second kappa shape index (κ2) is 7.09. The Labute approximate surface area is 149 Å². The van der Waals surface area contributed by atoms with Crippen LogP contribution in [0.1, 0.15) is 0 Å². The van der Waals surface area contributed by atoms with Gasteiger partial charge in [0, 0.05) is 11.1 Å². The molecular formula is C18H13ClNO4P. The van der Waals surface area contributed by atoms with E-state index >= 15 is 0 Å². The molecule has 0 bridgehead atoms. The molecule has 3 aromatic rings. The van der Waals surface area contributed by atoms with E-state index in [0.29, 0.717) is 10.6 Å². The minimum absolute atomic E-state index is 0.0922. The Kier molecular flexibility index (Phi) is 4.88. The molecule has 3 rings (SSSR count). The van der Waals surface area contributed by atoms with Crippen molar-refractivity contribution in [2.24, 2.45) is 0 Å². The predicted octanol–water partition coefficient (Wildman–Crippen LogP) is 4.56. The van der Waals surface area contributed by atoms with Crippen LogP contribution in [0.5, 0.6) is 5.75 Å². The molecule has 25 heavy (non-hydrogen) atoms. The zero-order chi connectivity index (χ0) is 17.9. The average molecular weight is 374 g/mol. The van der Waals surface area contributed by atoms with E-state index < -0.39 is 12.3 Å². The van der Waals surface area contributed by atoms with E-state index in [1.54, 1.807) is 60.7 Å².